The van der Waals surface area contributed by atoms with E-state index in [1.165, 1.54) is 6.07 Å². The minimum absolute atomic E-state index is 0.0121. The van der Waals surface area contributed by atoms with Crippen LogP contribution in [0.4, 0.5) is 4.39 Å². The molecular formula is C19H21FN2O3. The number of carbonyl (C=O) groups is 1. The van der Waals surface area contributed by atoms with E-state index < -0.39 is 0 Å². The fourth-order valence-corrected chi connectivity index (χ4v) is 2.97. The summed E-state index contributed by atoms with van der Waals surface area (Å²) in [5.41, 5.74) is 0.791. The summed E-state index contributed by atoms with van der Waals surface area (Å²) >= 11 is 0. The molecule has 6 heteroatoms. The van der Waals surface area contributed by atoms with Gasteiger partial charge in [0, 0.05) is 11.8 Å². The van der Waals surface area contributed by atoms with E-state index in [0.717, 1.165) is 0 Å². The Kier molecular flexibility index (Phi) is 5.28. The normalized spacial score (nSPS) is 20.4. The maximum absolute atomic E-state index is 13.8. The fourth-order valence-electron chi connectivity index (χ4n) is 2.97. The van der Waals surface area contributed by atoms with Crippen LogP contribution in [0.1, 0.15) is 29.8 Å². The smallest absolute Gasteiger partial charge is 0.259 e. The average molecular weight is 344 g/mol. The third-order valence-corrected chi connectivity index (χ3v) is 4.23. The second-order valence-electron chi connectivity index (χ2n) is 6.18. The number of amides is 1. The number of benzene rings is 1. The van der Waals surface area contributed by atoms with Gasteiger partial charge >= 0.3 is 0 Å². The quantitative estimate of drug-likeness (QED) is 0.855. The highest BCUT2D eigenvalue weighted by atomic mass is 19.1. The second kappa shape index (κ2) is 7.61. The number of ether oxygens (including phenoxy) is 2. The molecule has 2 atom stereocenters. The van der Waals surface area contributed by atoms with Crippen LogP contribution in [0.3, 0.4) is 0 Å². The van der Waals surface area contributed by atoms with Gasteiger partial charge < -0.3 is 14.4 Å². The van der Waals surface area contributed by atoms with E-state index in [9.17, 15) is 9.18 Å². The van der Waals surface area contributed by atoms with Crippen LogP contribution in [0.25, 0.3) is 0 Å². The Balaban J connectivity index is 1.81. The SMILES string of the molecule is C[C@H]1COC[C@H](C)N1C(=O)c1cccnc1OCc1ccccc1F. The topological polar surface area (TPSA) is 51.7 Å². The molecule has 0 unspecified atom stereocenters. The van der Waals surface area contributed by atoms with Crippen molar-refractivity contribution < 1.29 is 18.7 Å². The molecule has 1 aromatic heterocycles. The van der Waals surface area contributed by atoms with Crippen molar-refractivity contribution in [3.63, 3.8) is 0 Å². The lowest BCUT2D eigenvalue weighted by Gasteiger charge is -2.38. The highest BCUT2D eigenvalue weighted by Crippen LogP contribution is 2.23. The van der Waals surface area contributed by atoms with E-state index in [1.807, 2.05) is 13.8 Å². The number of pyridine rings is 1. The van der Waals surface area contributed by atoms with Gasteiger partial charge in [-0.1, -0.05) is 18.2 Å². The van der Waals surface area contributed by atoms with Gasteiger partial charge in [-0.2, -0.15) is 0 Å². The summed E-state index contributed by atoms with van der Waals surface area (Å²) in [6.45, 7) is 4.91. The molecule has 1 amide bonds. The lowest BCUT2D eigenvalue weighted by molar-refractivity contribution is -0.0251. The number of aromatic nitrogens is 1. The first kappa shape index (κ1) is 17.4. The summed E-state index contributed by atoms with van der Waals surface area (Å²) in [7, 11) is 0. The van der Waals surface area contributed by atoms with E-state index in [-0.39, 0.29) is 36.3 Å². The van der Waals surface area contributed by atoms with Crippen LogP contribution < -0.4 is 4.74 Å². The van der Waals surface area contributed by atoms with Crippen LogP contribution in [0.5, 0.6) is 5.88 Å². The maximum Gasteiger partial charge on any atom is 0.259 e. The molecule has 132 valence electrons. The minimum atomic E-state index is -0.346. The Morgan fingerprint density at radius 2 is 1.96 bits per heavy atom. The Morgan fingerprint density at radius 1 is 1.24 bits per heavy atom. The summed E-state index contributed by atoms with van der Waals surface area (Å²) in [4.78, 5) is 19.0. The van der Waals surface area contributed by atoms with E-state index in [2.05, 4.69) is 4.98 Å². The number of hydrogen-bond acceptors (Lipinski definition) is 4. The van der Waals surface area contributed by atoms with Crippen molar-refractivity contribution >= 4 is 5.91 Å². The molecule has 2 aromatic rings. The van der Waals surface area contributed by atoms with Gasteiger partial charge in [-0.15, -0.1) is 0 Å². The van der Waals surface area contributed by atoms with Gasteiger partial charge in [0.1, 0.15) is 18.0 Å². The zero-order chi connectivity index (χ0) is 17.8. The highest BCUT2D eigenvalue weighted by molar-refractivity contribution is 5.96. The Hall–Kier alpha value is -2.47. The van der Waals surface area contributed by atoms with E-state index in [4.69, 9.17) is 9.47 Å². The van der Waals surface area contributed by atoms with Crippen LogP contribution in [0.15, 0.2) is 42.6 Å². The third kappa shape index (κ3) is 3.79. The molecule has 25 heavy (non-hydrogen) atoms. The molecule has 1 aromatic carbocycles. The molecular weight excluding hydrogens is 323 g/mol. The molecule has 1 saturated heterocycles. The van der Waals surface area contributed by atoms with Crippen LogP contribution in [0, 0.1) is 5.82 Å². The molecule has 1 aliphatic heterocycles. The molecule has 2 heterocycles. The summed E-state index contributed by atoms with van der Waals surface area (Å²) in [5.74, 6) is -0.289. The summed E-state index contributed by atoms with van der Waals surface area (Å²) in [6, 6.07) is 9.69. The zero-order valence-electron chi connectivity index (χ0n) is 14.3. The zero-order valence-corrected chi connectivity index (χ0v) is 14.3. The van der Waals surface area contributed by atoms with Gasteiger partial charge in [0.15, 0.2) is 0 Å². The number of halogens is 1. The second-order valence-corrected chi connectivity index (χ2v) is 6.18. The van der Waals surface area contributed by atoms with Gasteiger partial charge in [0.25, 0.3) is 5.91 Å². The minimum Gasteiger partial charge on any atom is -0.472 e. The van der Waals surface area contributed by atoms with E-state index >= 15 is 0 Å². The molecule has 5 nitrogen and oxygen atoms in total. The molecule has 0 bridgehead atoms. The van der Waals surface area contributed by atoms with Crippen molar-refractivity contribution in [2.45, 2.75) is 32.5 Å². The molecule has 3 rings (SSSR count). The largest absolute Gasteiger partial charge is 0.472 e. The number of hydrogen-bond donors (Lipinski definition) is 0. The van der Waals surface area contributed by atoms with Crippen molar-refractivity contribution in [3.05, 3.63) is 59.5 Å². The van der Waals surface area contributed by atoms with Crippen LogP contribution in [0.2, 0.25) is 0 Å². The first-order valence-electron chi connectivity index (χ1n) is 8.29. The van der Waals surface area contributed by atoms with Crippen molar-refractivity contribution in [2.24, 2.45) is 0 Å². The monoisotopic (exact) mass is 344 g/mol. The van der Waals surface area contributed by atoms with Crippen molar-refractivity contribution in [3.8, 4) is 5.88 Å². The summed E-state index contributed by atoms with van der Waals surface area (Å²) in [5, 5.41) is 0. The average Bonchev–Trinajstić information content (AvgIpc) is 2.61. The number of morpholine rings is 1. The first-order valence-corrected chi connectivity index (χ1v) is 8.29. The van der Waals surface area contributed by atoms with Gasteiger partial charge in [0.05, 0.1) is 25.3 Å². The Morgan fingerprint density at radius 3 is 2.68 bits per heavy atom. The van der Waals surface area contributed by atoms with Gasteiger partial charge in [-0.3, -0.25) is 4.79 Å². The Labute approximate surface area is 146 Å². The third-order valence-electron chi connectivity index (χ3n) is 4.23. The molecule has 0 radical (unpaired) electrons. The van der Waals surface area contributed by atoms with Gasteiger partial charge in [0.2, 0.25) is 5.88 Å². The maximum atomic E-state index is 13.8. The van der Waals surface area contributed by atoms with E-state index in [0.29, 0.717) is 24.3 Å². The summed E-state index contributed by atoms with van der Waals surface area (Å²) in [6.07, 6.45) is 1.56. The molecule has 0 spiro atoms. The molecule has 0 N–H and O–H groups in total. The molecule has 0 saturated carbocycles. The molecule has 0 aliphatic carbocycles. The Bertz CT molecular complexity index is 743. The van der Waals surface area contributed by atoms with Crippen LogP contribution in [-0.2, 0) is 11.3 Å². The predicted molar refractivity (Wildman–Crippen MR) is 90.9 cm³/mol. The van der Waals surface area contributed by atoms with Crippen molar-refractivity contribution in [1.82, 2.24) is 9.88 Å². The van der Waals surface area contributed by atoms with Crippen LogP contribution in [-0.4, -0.2) is 41.1 Å². The van der Waals surface area contributed by atoms with E-state index in [1.54, 1.807) is 41.4 Å². The lowest BCUT2D eigenvalue weighted by Crippen LogP contribution is -2.52. The van der Waals surface area contributed by atoms with Crippen LogP contribution >= 0.6 is 0 Å². The van der Waals surface area contributed by atoms with Crippen molar-refractivity contribution in [1.29, 1.82) is 0 Å². The lowest BCUT2D eigenvalue weighted by atomic mass is 10.1. The highest BCUT2D eigenvalue weighted by Gasteiger charge is 2.32. The molecule has 1 aliphatic rings. The predicted octanol–water partition coefficient (Wildman–Crippen LogP) is 3.05. The molecule has 1 fully saturated rings. The first-order chi connectivity index (χ1) is 12.1. The van der Waals surface area contributed by atoms with Gasteiger partial charge in [-0.25, -0.2) is 9.37 Å². The number of carbonyl (C=O) groups excluding carboxylic acids is 1. The number of nitrogens with zero attached hydrogens (tertiary/aromatic N) is 2. The number of rotatable bonds is 4. The standard InChI is InChI=1S/C19H21FN2O3/c1-13-10-24-11-14(2)22(13)19(23)16-7-5-9-21-18(16)25-12-15-6-3-4-8-17(15)20/h3-9,13-14H,10-12H2,1-2H3/t13-,14-/m0/s1. The fraction of sp³-hybridized carbons (Fsp3) is 0.368. The summed E-state index contributed by atoms with van der Waals surface area (Å²) < 4.78 is 24.9. The van der Waals surface area contributed by atoms with Gasteiger partial charge in [-0.05, 0) is 32.0 Å². The van der Waals surface area contributed by atoms with Crippen molar-refractivity contribution in [2.75, 3.05) is 13.2 Å².